The van der Waals surface area contributed by atoms with E-state index >= 15 is 0 Å². The minimum atomic E-state index is -0.870. The molecule has 0 aromatic heterocycles. The topological polar surface area (TPSA) is 24.8 Å². The highest BCUT2D eigenvalue weighted by molar-refractivity contribution is 5.87. The first kappa shape index (κ1) is 20.0. The molecule has 6 heteroatoms. The number of benzene rings is 3. The smallest absolute Gasteiger partial charge is 0.145 e. The SMILES string of the molecule is CN1C(COc2cccc(F)c2)=N[C@@](C)(c2cccc(F)c2)[C@H]1c1cccc(F)c1. The van der Waals surface area contributed by atoms with Gasteiger partial charge in [0.2, 0.25) is 0 Å². The minimum absolute atomic E-state index is 0.0939. The Morgan fingerprint density at radius 2 is 1.53 bits per heavy atom. The van der Waals surface area contributed by atoms with Crippen LogP contribution in [0, 0.1) is 17.5 Å². The van der Waals surface area contributed by atoms with Gasteiger partial charge in [-0.2, -0.15) is 0 Å². The van der Waals surface area contributed by atoms with Crippen LogP contribution >= 0.6 is 0 Å². The zero-order valence-electron chi connectivity index (χ0n) is 16.6. The molecule has 0 unspecified atom stereocenters. The van der Waals surface area contributed by atoms with Crippen molar-refractivity contribution in [2.45, 2.75) is 18.5 Å². The lowest BCUT2D eigenvalue weighted by atomic mass is 9.81. The monoisotopic (exact) mass is 410 g/mol. The molecule has 154 valence electrons. The van der Waals surface area contributed by atoms with E-state index in [4.69, 9.17) is 9.73 Å². The van der Waals surface area contributed by atoms with Crippen LogP contribution in [0.4, 0.5) is 13.2 Å². The minimum Gasteiger partial charge on any atom is -0.486 e. The summed E-state index contributed by atoms with van der Waals surface area (Å²) in [4.78, 5) is 6.77. The van der Waals surface area contributed by atoms with Crippen LogP contribution in [0.2, 0.25) is 0 Å². The fourth-order valence-corrected chi connectivity index (χ4v) is 4.02. The molecule has 3 aromatic rings. The Kier molecular flexibility index (Phi) is 5.24. The predicted octanol–water partition coefficient (Wildman–Crippen LogP) is 5.48. The lowest BCUT2D eigenvalue weighted by molar-refractivity contribution is 0.269. The van der Waals surface area contributed by atoms with E-state index in [9.17, 15) is 13.2 Å². The van der Waals surface area contributed by atoms with Crippen molar-refractivity contribution in [2.75, 3.05) is 13.7 Å². The average Bonchev–Trinajstić information content (AvgIpc) is 2.97. The van der Waals surface area contributed by atoms with Gasteiger partial charge in [-0.3, -0.25) is 4.99 Å². The summed E-state index contributed by atoms with van der Waals surface area (Å²) in [6.45, 7) is 1.99. The molecular weight excluding hydrogens is 389 g/mol. The molecule has 0 saturated heterocycles. The first-order valence-electron chi connectivity index (χ1n) is 9.58. The largest absolute Gasteiger partial charge is 0.486 e. The second kappa shape index (κ2) is 7.86. The van der Waals surface area contributed by atoms with Gasteiger partial charge in [-0.15, -0.1) is 0 Å². The lowest BCUT2D eigenvalue weighted by Gasteiger charge is -2.34. The molecule has 30 heavy (non-hydrogen) atoms. The molecule has 3 aromatic carbocycles. The Labute approximate surface area is 173 Å². The molecule has 3 nitrogen and oxygen atoms in total. The number of hydrogen-bond donors (Lipinski definition) is 0. The maximum absolute atomic E-state index is 14.0. The number of halogens is 3. The van der Waals surface area contributed by atoms with Crippen LogP contribution in [0.25, 0.3) is 0 Å². The Bertz CT molecular complexity index is 1100. The normalized spacial score (nSPS) is 20.9. The van der Waals surface area contributed by atoms with Crippen LogP contribution in [0.1, 0.15) is 24.1 Å². The van der Waals surface area contributed by atoms with Crippen molar-refractivity contribution in [1.82, 2.24) is 4.90 Å². The third-order valence-corrected chi connectivity index (χ3v) is 5.43. The third kappa shape index (κ3) is 3.77. The molecule has 4 rings (SSSR count). The molecule has 0 fully saturated rings. The summed E-state index contributed by atoms with van der Waals surface area (Å²) in [6, 6.07) is 18.1. The van der Waals surface area contributed by atoms with E-state index in [2.05, 4.69) is 0 Å². The standard InChI is InChI=1S/C24H21F3N2O/c1-24(17-7-4-9-19(26)13-17)23(16-6-3-8-18(25)12-16)29(2)22(28-24)15-30-21-11-5-10-20(27)14-21/h3-14,23H,15H2,1-2H3/t23-,24+/m1/s1. The Morgan fingerprint density at radius 3 is 2.20 bits per heavy atom. The zero-order chi connectivity index (χ0) is 21.3. The van der Waals surface area contributed by atoms with E-state index in [1.807, 2.05) is 31.0 Å². The zero-order valence-corrected chi connectivity index (χ0v) is 16.6. The van der Waals surface area contributed by atoms with E-state index in [0.29, 0.717) is 22.7 Å². The maximum Gasteiger partial charge on any atom is 0.145 e. The maximum atomic E-state index is 14.0. The van der Waals surface area contributed by atoms with Gasteiger partial charge in [0.25, 0.3) is 0 Å². The number of ether oxygens (including phenoxy) is 1. The van der Waals surface area contributed by atoms with Crippen molar-refractivity contribution in [3.63, 3.8) is 0 Å². The summed E-state index contributed by atoms with van der Waals surface area (Å²) < 4.78 is 47.2. The highest BCUT2D eigenvalue weighted by atomic mass is 19.1. The number of likely N-dealkylation sites (N-methyl/N-ethyl adjacent to an activating group) is 1. The molecule has 0 bridgehead atoms. The van der Waals surface area contributed by atoms with Gasteiger partial charge in [-0.25, -0.2) is 13.2 Å². The van der Waals surface area contributed by atoms with Crippen LogP contribution in [0.3, 0.4) is 0 Å². The molecule has 1 aliphatic rings. The van der Waals surface area contributed by atoms with Crippen molar-refractivity contribution < 1.29 is 17.9 Å². The Hall–Kier alpha value is -3.28. The van der Waals surface area contributed by atoms with Gasteiger partial charge >= 0.3 is 0 Å². The lowest BCUT2D eigenvalue weighted by Crippen LogP contribution is -2.36. The molecule has 0 amide bonds. The van der Waals surface area contributed by atoms with Gasteiger partial charge in [-0.05, 0) is 54.4 Å². The highest BCUT2D eigenvalue weighted by Crippen LogP contribution is 2.46. The first-order valence-corrected chi connectivity index (χ1v) is 9.58. The fourth-order valence-electron chi connectivity index (χ4n) is 4.02. The van der Waals surface area contributed by atoms with Crippen LogP contribution in [0.15, 0.2) is 77.8 Å². The number of nitrogens with zero attached hydrogens (tertiary/aromatic N) is 2. The second-order valence-corrected chi connectivity index (χ2v) is 7.50. The van der Waals surface area contributed by atoms with Crippen molar-refractivity contribution in [1.29, 1.82) is 0 Å². The van der Waals surface area contributed by atoms with Crippen LogP contribution in [-0.2, 0) is 5.54 Å². The van der Waals surface area contributed by atoms with Crippen molar-refractivity contribution in [3.8, 4) is 5.75 Å². The van der Waals surface area contributed by atoms with Gasteiger partial charge < -0.3 is 9.64 Å². The second-order valence-electron chi connectivity index (χ2n) is 7.50. The van der Waals surface area contributed by atoms with Crippen LogP contribution in [-0.4, -0.2) is 24.4 Å². The number of hydrogen-bond acceptors (Lipinski definition) is 3. The van der Waals surface area contributed by atoms with Crippen LogP contribution < -0.4 is 4.74 Å². The summed E-state index contributed by atoms with van der Waals surface area (Å²) in [6.07, 6.45) is 0. The molecule has 0 saturated carbocycles. The molecule has 2 atom stereocenters. The van der Waals surface area contributed by atoms with Gasteiger partial charge in [0.15, 0.2) is 0 Å². The quantitative estimate of drug-likeness (QED) is 0.556. The summed E-state index contributed by atoms with van der Waals surface area (Å²) in [5, 5.41) is 0. The Morgan fingerprint density at radius 1 is 0.900 bits per heavy atom. The Balaban J connectivity index is 1.72. The average molecular weight is 410 g/mol. The molecule has 1 aliphatic heterocycles. The number of aliphatic imine (C=N–C) groups is 1. The van der Waals surface area contributed by atoms with E-state index in [0.717, 1.165) is 0 Å². The van der Waals surface area contributed by atoms with Gasteiger partial charge in [0, 0.05) is 13.1 Å². The molecular formula is C24H21F3N2O. The van der Waals surface area contributed by atoms with Gasteiger partial charge in [0.05, 0.1) is 6.04 Å². The molecule has 0 radical (unpaired) electrons. The summed E-state index contributed by atoms with van der Waals surface area (Å²) in [7, 11) is 1.84. The number of amidine groups is 1. The van der Waals surface area contributed by atoms with Crippen molar-refractivity contribution in [3.05, 3.63) is 101 Å². The summed E-state index contributed by atoms with van der Waals surface area (Å²) in [5.41, 5.74) is 0.517. The van der Waals surface area contributed by atoms with E-state index < -0.39 is 11.4 Å². The third-order valence-electron chi connectivity index (χ3n) is 5.43. The highest BCUT2D eigenvalue weighted by Gasteiger charge is 2.46. The predicted molar refractivity (Wildman–Crippen MR) is 110 cm³/mol. The van der Waals surface area contributed by atoms with E-state index in [1.165, 1.54) is 36.4 Å². The molecule has 0 aliphatic carbocycles. The van der Waals surface area contributed by atoms with Crippen molar-refractivity contribution in [2.24, 2.45) is 4.99 Å². The fraction of sp³-hybridized carbons (Fsp3) is 0.208. The van der Waals surface area contributed by atoms with Crippen molar-refractivity contribution >= 4 is 5.84 Å². The molecule has 0 spiro atoms. The van der Waals surface area contributed by atoms with Gasteiger partial charge in [-0.1, -0.05) is 30.3 Å². The van der Waals surface area contributed by atoms with E-state index in [1.54, 1.807) is 24.3 Å². The van der Waals surface area contributed by atoms with Crippen LogP contribution in [0.5, 0.6) is 5.75 Å². The molecule has 1 heterocycles. The van der Waals surface area contributed by atoms with E-state index in [-0.39, 0.29) is 24.3 Å². The molecule has 0 N–H and O–H groups in total. The summed E-state index contributed by atoms with van der Waals surface area (Å²) in [5.74, 6) is -0.134. The summed E-state index contributed by atoms with van der Waals surface area (Å²) >= 11 is 0. The number of rotatable bonds is 5. The first-order chi connectivity index (χ1) is 14.4. The van der Waals surface area contributed by atoms with Gasteiger partial charge in [0.1, 0.15) is 41.2 Å².